The Balaban J connectivity index is 2.28. The number of amides is 1. The Hall–Kier alpha value is -1.36. The maximum atomic E-state index is 12.4. The van der Waals surface area contributed by atoms with Crippen molar-refractivity contribution < 1.29 is 14.6 Å². The van der Waals surface area contributed by atoms with Gasteiger partial charge in [0.1, 0.15) is 0 Å². The number of hydrogen-bond donors (Lipinski definition) is 1. The average Bonchev–Trinajstić information content (AvgIpc) is 2.39. The van der Waals surface area contributed by atoms with E-state index in [0.29, 0.717) is 11.3 Å². The quantitative estimate of drug-likeness (QED) is 0.890. The van der Waals surface area contributed by atoms with Crippen molar-refractivity contribution in [2.75, 3.05) is 25.2 Å². The van der Waals surface area contributed by atoms with Crippen molar-refractivity contribution in [2.45, 2.75) is 13.0 Å². The largest absolute Gasteiger partial charge is 0.504 e. The summed E-state index contributed by atoms with van der Waals surface area (Å²) in [5.41, 5.74) is 0.313. The number of phenolic OH excluding ortho intramolecular Hbond substituents is 1. The van der Waals surface area contributed by atoms with E-state index in [-0.39, 0.29) is 17.7 Å². The number of ether oxygens (including phenoxy) is 1. The highest BCUT2D eigenvalue weighted by Gasteiger charge is 2.27. The Kier molecular flexibility index (Phi) is 4.01. The first-order chi connectivity index (χ1) is 8.65. The van der Waals surface area contributed by atoms with Gasteiger partial charge in [-0.15, -0.1) is 0 Å². The fraction of sp³-hybridized carbons (Fsp3) is 0.462. The summed E-state index contributed by atoms with van der Waals surface area (Å²) in [7, 11) is 1.48. The van der Waals surface area contributed by atoms with Gasteiger partial charge in [-0.25, -0.2) is 0 Å². The fourth-order valence-electron chi connectivity index (χ4n) is 2.04. The molecule has 0 radical (unpaired) electrons. The normalized spacial score (nSPS) is 19.7. The summed E-state index contributed by atoms with van der Waals surface area (Å²) in [5.74, 6) is 2.02. The monoisotopic (exact) mass is 267 g/mol. The highest BCUT2D eigenvalue weighted by molar-refractivity contribution is 7.99. The lowest BCUT2D eigenvalue weighted by Gasteiger charge is -2.33. The molecule has 1 heterocycles. The molecule has 1 atom stereocenters. The van der Waals surface area contributed by atoms with Crippen molar-refractivity contribution in [1.82, 2.24) is 4.90 Å². The van der Waals surface area contributed by atoms with E-state index in [1.54, 1.807) is 18.2 Å². The van der Waals surface area contributed by atoms with Crippen LogP contribution in [-0.2, 0) is 0 Å². The van der Waals surface area contributed by atoms with E-state index in [4.69, 9.17) is 4.74 Å². The summed E-state index contributed by atoms with van der Waals surface area (Å²) in [6, 6.07) is 5.19. The molecule has 1 aliphatic rings. The molecule has 1 saturated heterocycles. The van der Waals surface area contributed by atoms with Crippen LogP contribution < -0.4 is 4.74 Å². The number of thioether (sulfide) groups is 1. The number of carbonyl (C=O) groups excluding carboxylic acids is 1. The van der Waals surface area contributed by atoms with Crippen LogP contribution in [0.4, 0.5) is 0 Å². The van der Waals surface area contributed by atoms with Gasteiger partial charge >= 0.3 is 0 Å². The number of aromatic hydroxyl groups is 1. The number of para-hydroxylation sites is 1. The van der Waals surface area contributed by atoms with Gasteiger partial charge in [0.2, 0.25) is 0 Å². The zero-order valence-corrected chi connectivity index (χ0v) is 11.4. The lowest BCUT2D eigenvalue weighted by atomic mass is 10.1. The summed E-state index contributed by atoms with van der Waals surface area (Å²) in [6.45, 7) is 2.75. The zero-order chi connectivity index (χ0) is 13.1. The Morgan fingerprint density at radius 3 is 3.00 bits per heavy atom. The first-order valence-corrected chi connectivity index (χ1v) is 7.05. The summed E-state index contributed by atoms with van der Waals surface area (Å²) in [6.07, 6.45) is 0. The van der Waals surface area contributed by atoms with Crippen LogP contribution in [0.25, 0.3) is 0 Å². The van der Waals surface area contributed by atoms with Crippen LogP contribution in [0.1, 0.15) is 17.3 Å². The molecular weight excluding hydrogens is 250 g/mol. The van der Waals surface area contributed by atoms with Gasteiger partial charge in [0.25, 0.3) is 5.91 Å². The molecule has 98 valence electrons. The minimum Gasteiger partial charge on any atom is -0.504 e. The van der Waals surface area contributed by atoms with Crippen LogP contribution >= 0.6 is 11.8 Å². The fourth-order valence-corrected chi connectivity index (χ4v) is 3.06. The summed E-state index contributed by atoms with van der Waals surface area (Å²) >= 11 is 1.85. The second kappa shape index (κ2) is 5.52. The van der Waals surface area contributed by atoms with E-state index in [1.807, 2.05) is 23.6 Å². The minimum absolute atomic E-state index is 0.0737. The van der Waals surface area contributed by atoms with Crippen LogP contribution in [0.2, 0.25) is 0 Å². The highest BCUT2D eigenvalue weighted by atomic mass is 32.2. The molecular formula is C13H17NO3S. The third-order valence-corrected chi connectivity index (χ3v) is 4.27. The van der Waals surface area contributed by atoms with E-state index in [9.17, 15) is 9.90 Å². The number of carbonyl (C=O) groups is 1. The third kappa shape index (κ3) is 2.41. The molecule has 1 fully saturated rings. The number of nitrogens with zero attached hydrogens (tertiary/aromatic N) is 1. The maximum Gasteiger partial charge on any atom is 0.258 e. The van der Waals surface area contributed by atoms with E-state index in [2.05, 4.69) is 0 Å². The van der Waals surface area contributed by atoms with Gasteiger partial charge in [0.05, 0.1) is 12.7 Å². The molecule has 0 bridgehead atoms. The van der Waals surface area contributed by atoms with E-state index < -0.39 is 0 Å². The number of rotatable bonds is 2. The van der Waals surface area contributed by atoms with Crippen molar-refractivity contribution in [3.63, 3.8) is 0 Å². The van der Waals surface area contributed by atoms with Crippen LogP contribution in [0.15, 0.2) is 18.2 Å². The second-order valence-corrected chi connectivity index (χ2v) is 5.43. The SMILES string of the molecule is COc1cccc(C(=O)N2CCSCC2C)c1O. The van der Waals surface area contributed by atoms with E-state index >= 15 is 0 Å². The predicted molar refractivity (Wildman–Crippen MR) is 72.5 cm³/mol. The molecule has 1 N–H and O–H groups in total. The van der Waals surface area contributed by atoms with Crippen LogP contribution in [0.5, 0.6) is 11.5 Å². The average molecular weight is 267 g/mol. The molecule has 0 saturated carbocycles. The van der Waals surface area contributed by atoms with Gasteiger partial charge in [-0.2, -0.15) is 11.8 Å². The molecule has 18 heavy (non-hydrogen) atoms. The topological polar surface area (TPSA) is 49.8 Å². The number of phenols is 1. The zero-order valence-electron chi connectivity index (χ0n) is 10.5. The first-order valence-electron chi connectivity index (χ1n) is 5.90. The Morgan fingerprint density at radius 2 is 2.33 bits per heavy atom. The summed E-state index contributed by atoms with van der Waals surface area (Å²) in [5, 5.41) is 10.00. The molecule has 1 aromatic carbocycles. The molecule has 1 unspecified atom stereocenters. The molecule has 1 aliphatic heterocycles. The van der Waals surface area contributed by atoms with Gasteiger partial charge in [0, 0.05) is 24.1 Å². The van der Waals surface area contributed by atoms with Crippen molar-refractivity contribution >= 4 is 17.7 Å². The lowest BCUT2D eigenvalue weighted by molar-refractivity contribution is 0.0712. The highest BCUT2D eigenvalue weighted by Crippen LogP contribution is 2.31. The van der Waals surface area contributed by atoms with Gasteiger partial charge < -0.3 is 14.7 Å². The molecule has 2 rings (SSSR count). The number of hydrogen-bond acceptors (Lipinski definition) is 4. The van der Waals surface area contributed by atoms with E-state index in [1.165, 1.54) is 7.11 Å². The van der Waals surface area contributed by atoms with Crippen LogP contribution in [0.3, 0.4) is 0 Å². The lowest BCUT2D eigenvalue weighted by Crippen LogP contribution is -2.44. The maximum absolute atomic E-state index is 12.4. The van der Waals surface area contributed by atoms with Gasteiger partial charge in [-0.05, 0) is 19.1 Å². The third-order valence-electron chi connectivity index (χ3n) is 3.08. The van der Waals surface area contributed by atoms with Crippen LogP contribution in [-0.4, -0.2) is 47.1 Å². The van der Waals surface area contributed by atoms with Crippen molar-refractivity contribution in [1.29, 1.82) is 0 Å². The Labute approximate surface area is 111 Å². The van der Waals surface area contributed by atoms with Crippen molar-refractivity contribution in [3.05, 3.63) is 23.8 Å². The van der Waals surface area contributed by atoms with Gasteiger partial charge in [-0.3, -0.25) is 4.79 Å². The second-order valence-electron chi connectivity index (χ2n) is 4.28. The standard InChI is InChI=1S/C13H17NO3S/c1-9-8-18-7-6-14(9)13(16)10-4-3-5-11(17-2)12(10)15/h3-5,9,15H,6-8H2,1-2H3. The van der Waals surface area contributed by atoms with E-state index in [0.717, 1.165) is 18.1 Å². The summed E-state index contributed by atoms with van der Waals surface area (Å²) < 4.78 is 5.03. The molecule has 0 aliphatic carbocycles. The first kappa shape index (κ1) is 13.1. The van der Waals surface area contributed by atoms with Crippen molar-refractivity contribution in [3.8, 4) is 11.5 Å². The minimum atomic E-state index is -0.126. The Morgan fingerprint density at radius 1 is 1.56 bits per heavy atom. The predicted octanol–water partition coefficient (Wildman–Crippen LogP) is 1.98. The van der Waals surface area contributed by atoms with Gasteiger partial charge in [0.15, 0.2) is 11.5 Å². The summed E-state index contributed by atoms with van der Waals surface area (Å²) in [4.78, 5) is 14.2. The molecule has 0 aromatic heterocycles. The molecule has 5 heteroatoms. The number of methoxy groups -OCH3 is 1. The van der Waals surface area contributed by atoms with Crippen molar-refractivity contribution in [2.24, 2.45) is 0 Å². The van der Waals surface area contributed by atoms with Crippen LogP contribution in [0, 0.1) is 0 Å². The van der Waals surface area contributed by atoms with Gasteiger partial charge in [-0.1, -0.05) is 6.07 Å². The molecule has 4 nitrogen and oxygen atoms in total. The molecule has 1 aromatic rings. The number of benzene rings is 1. The smallest absolute Gasteiger partial charge is 0.258 e. The molecule has 0 spiro atoms. The Bertz CT molecular complexity index is 450. The molecule has 1 amide bonds.